The van der Waals surface area contributed by atoms with E-state index in [-0.39, 0.29) is 29.3 Å². The predicted octanol–water partition coefficient (Wildman–Crippen LogP) is 5.74. The number of rotatable bonds is 8. The van der Waals surface area contributed by atoms with Crippen LogP contribution in [0, 0.1) is 21.4 Å². The number of benzene rings is 3. The lowest BCUT2D eigenvalue weighted by Crippen LogP contribution is -2.13. The molecule has 2 N–H and O–H groups in total. The highest BCUT2D eigenvalue weighted by atomic mass is 35.5. The van der Waals surface area contributed by atoms with E-state index < -0.39 is 16.6 Å². The number of carbonyl (C=O) groups excluding carboxylic acids is 1. The molecular weight excluding hydrogens is 497 g/mol. The third-order valence-corrected chi connectivity index (χ3v) is 5.31. The van der Waals surface area contributed by atoms with Crippen molar-refractivity contribution < 1.29 is 24.3 Å². The van der Waals surface area contributed by atoms with E-state index in [4.69, 9.17) is 32.7 Å². The Kier molecular flexibility index (Phi) is 8.15. The summed E-state index contributed by atoms with van der Waals surface area (Å²) < 4.78 is 11.3. The standard InChI is InChI=1S/C24H17Cl2N3O6/c1-34-22-4-2-3-14(23(22)35-13-15-5-6-17(25)10-19(15)26)9-16(12-27)24(31)28-20-8-7-18(29(32)33)11-21(20)30/h2-11,30H,13H2,1H3,(H,28,31). The molecule has 0 aliphatic carbocycles. The van der Waals surface area contributed by atoms with E-state index in [9.17, 15) is 25.3 Å². The summed E-state index contributed by atoms with van der Waals surface area (Å²) in [6.07, 6.45) is 1.29. The smallest absolute Gasteiger partial charge is 0.273 e. The second kappa shape index (κ2) is 11.2. The van der Waals surface area contributed by atoms with Crippen LogP contribution in [0.5, 0.6) is 17.2 Å². The number of para-hydroxylation sites is 1. The number of hydrogen-bond donors (Lipinski definition) is 2. The van der Waals surface area contributed by atoms with Gasteiger partial charge in [-0.05, 0) is 30.3 Å². The van der Waals surface area contributed by atoms with Gasteiger partial charge in [-0.15, -0.1) is 0 Å². The number of methoxy groups -OCH3 is 1. The molecule has 0 atom stereocenters. The Morgan fingerprint density at radius 3 is 2.63 bits per heavy atom. The van der Waals surface area contributed by atoms with Crippen molar-refractivity contribution in [1.29, 1.82) is 5.26 Å². The van der Waals surface area contributed by atoms with E-state index in [0.717, 1.165) is 18.2 Å². The van der Waals surface area contributed by atoms with Crippen LogP contribution in [0.15, 0.2) is 60.2 Å². The van der Waals surface area contributed by atoms with Crippen LogP contribution >= 0.6 is 23.2 Å². The molecule has 0 heterocycles. The number of aromatic hydroxyl groups is 1. The van der Waals surface area contributed by atoms with E-state index >= 15 is 0 Å². The number of non-ortho nitro benzene ring substituents is 1. The second-order valence-electron chi connectivity index (χ2n) is 6.99. The second-order valence-corrected chi connectivity index (χ2v) is 7.83. The van der Waals surface area contributed by atoms with Gasteiger partial charge in [0.15, 0.2) is 11.5 Å². The third-order valence-electron chi connectivity index (χ3n) is 4.72. The molecule has 178 valence electrons. The minimum atomic E-state index is -0.842. The average molecular weight is 514 g/mol. The lowest BCUT2D eigenvalue weighted by atomic mass is 10.1. The third kappa shape index (κ3) is 6.20. The topological polar surface area (TPSA) is 135 Å². The van der Waals surface area contributed by atoms with Crippen molar-refractivity contribution in [2.45, 2.75) is 6.61 Å². The number of phenols is 1. The van der Waals surface area contributed by atoms with Crippen molar-refractivity contribution in [3.05, 3.63) is 91.5 Å². The molecule has 3 aromatic carbocycles. The quantitative estimate of drug-likeness (QED) is 0.129. The number of nitrogens with one attached hydrogen (secondary N) is 1. The van der Waals surface area contributed by atoms with Gasteiger partial charge in [0, 0.05) is 27.2 Å². The fraction of sp³-hybridized carbons (Fsp3) is 0.0833. The first-order valence-corrected chi connectivity index (χ1v) is 10.6. The number of nitro benzene ring substituents is 1. The Bertz CT molecular complexity index is 1370. The van der Waals surface area contributed by atoms with Crippen molar-refractivity contribution in [1.82, 2.24) is 0 Å². The summed E-state index contributed by atoms with van der Waals surface area (Å²) in [5, 5.41) is 33.6. The van der Waals surface area contributed by atoms with Crippen LogP contribution in [-0.4, -0.2) is 23.0 Å². The van der Waals surface area contributed by atoms with E-state index in [2.05, 4.69) is 5.32 Å². The van der Waals surface area contributed by atoms with Crippen LogP contribution < -0.4 is 14.8 Å². The molecule has 0 spiro atoms. The number of halogens is 2. The minimum absolute atomic E-state index is 0.0575. The molecule has 11 heteroatoms. The Labute approximate surface area is 209 Å². The van der Waals surface area contributed by atoms with Gasteiger partial charge in [-0.3, -0.25) is 14.9 Å². The van der Waals surface area contributed by atoms with Gasteiger partial charge in [-0.25, -0.2) is 0 Å². The molecule has 0 saturated heterocycles. The molecule has 0 aromatic heterocycles. The molecule has 0 aliphatic rings. The summed E-state index contributed by atoms with van der Waals surface area (Å²) in [5.41, 5.74) is 0.264. The molecule has 0 fully saturated rings. The van der Waals surface area contributed by atoms with Crippen LogP contribution in [0.2, 0.25) is 10.0 Å². The van der Waals surface area contributed by atoms with E-state index in [0.29, 0.717) is 26.9 Å². The largest absolute Gasteiger partial charge is 0.506 e. The summed E-state index contributed by atoms with van der Waals surface area (Å²) in [7, 11) is 1.44. The summed E-state index contributed by atoms with van der Waals surface area (Å²) >= 11 is 12.1. The molecule has 0 saturated carbocycles. The van der Waals surface area contributed by atoms with Crippen molar-refractivity contribution in [2.75, 3.05) is 12.4 Å². The Morgan fingerprint density at radius 1 is 1.23 bits per heavy atom. The van der Waals surface area contributed by atoms with Gasteiger partial charge in [0.05, 0.1) is 23.8 Å². The van der Waals surface area contributed by atoms with Crippen molar-refractivity contribution in [2.24, 2.45) is 0 Å². The fourth-order valence-electron chi connectivity index (χ4n) is 2.98. The average Bonchev–Trinajstić information content (AvgIpc) is 2.83. The summed E-state index contributed by atoms with van der Waals surface area (Å²) in [4.78, 5) is 22.8. The molecule has 1 amide bonds. The fourth-order valence-corrected chi connectivity index (χ4v) is 3.45. The van der Waals surface area contributed by atoms with Gasteiger partial charge in [0.1, 0.15) is 24.0 Å². The highest BCUT2D eigenvalue weighted by molar-refractivity contribution is 6.35. The van der Waals surface area contributed by atoms with E-state index in [1.165, 1.54) is 13.2 Å². The summed E-state index contributed by atoms with van der Waals surface area (Å²) in [6, 6.07) is 14.8. The highest BCUT2D eigenvalue weighted by Gasteiger charge is 2.17. The van der Waals surface area contributed by atoms with Crippen molar-refractivity contribution in [3.8, 4) is 23.3 Å². The Morgan fingerprint density at radius 2 is 2.00 bits per heavy atom. The number of nitrogens with zero attached hydrogens (tertiary/aromatic N) is 2. The maximum absolute atomic E-state index is 12.7. The number of carbonyl (C=O) groups is 1. The first kappa shape index (κ1) is 25.4. The van der Waals surface area contributed by atoms with E-state index in [1.807, 2.05) is 0 Å². The zero-order valence-electron chi connectivity index (χ0n) is 18.1. The Balaban J connectivity index is 1.89. The molecule has 0 unspecified atom stereocenters. The normalized spacial score (nSPS) is 10.9. The van der Waals surface area contributed by atoms with Crippen LogP contribution in [0.3, 0.4) is 0 Å². The molecular formula is C24H17Cl2N3O6. The predicted molar refractivity (Wildman–Crippen MR) is 131 cm³/mol. The SMILES string of the molecule is COc1cccc(C=C(C#N)C(=O)Nc2ccc([N+](=O)[O-])cc2O)c1OCc1ccc(Cl)cc1Cl. The lowest BCUT2D eigenvalue weighted by molar-refractivity contribution is -0.384. The van der Waals surface area contributed by atoms with Gasteiger partial charge in [0.2, 0.25) is 0 Å². The zero-order valence-corrected chi connectivity index (χ0v) is 19.6. The highest BCUT2D eigenvalue weighted by Crippen LogP contribution is 2.34. The van der Waals surface area contributed by atoms with Crippen LogP contribution in [0.25, 0.3) is 6.08 Å². The monoisotopic (exact) mass is 513 g/mol. The number of ether oxygens (including phenoxy) is 2. The van der Waals surface area contributed by atoms with Crippen LogP contribution in [0.1, 0.15) is 11.1 Å². The minimum Gasteiger partial charge on any atom is -0.506 e. The number of nitriles is 1. The first-order valence-electron chi connectivity index (χ1n) is 9.87. The molecule has 0 bridgehead atoms. The molecule has 0 aliphatic heterocycles. The first-order chi connectivity index (χ1) is 16.7. The Hall–Kier alpha value is -4.26. The van der Waals surface area contributed by atoms with Gasteiger partial charge >= 0.3 is 0 Å². The maximum atomic E-state index is 12.7. The van der Waals surface area contributed by atoms with Gasteiger partial charge < -0.3 is 19.9 Å². The summed E-state index contributed by atoms with van der Waals surface area (Å²) in [5.74, 6) is -0.740. The van der Waals surface area contributed by atoms with Crippen molar-refractivity contribution >= 4 is 46.6 Å². The van der Waals surface area contributed by atoms with Gasteiger partial charge in [-0.1, -0.05) is 41.4 Å². The molecule has 3 aromatic rings. The van der Waals surface area contributed by atoms with Crippen molar-refractivity contribution in [3.63, 3.8) is 0 Å². The summed E-state index contributed by atoms with van der Waals surface area (Å²) in [6.45, 7) is 0.0575. The molecule has 9 nitrogen and oxygen atoms in total. The van der Waals surface area contributed by atoms with Crippen LogP contribution in [-0.2, 0) is 11.4 Å². The lowest BCUT2D eigenvalue weighted by Gasteiger charge is -2.14. The zero-order chi connectivity index (χ0) is 25.5. The molecule has 3 rings (SSSR count). The van der Waals surface area contributed by atoms with Gasteiger partial charge in [0.25, 0.3) is 11.6 Å². The van der Waals surface area contributed by atoms with Gasteiger partial charge in [-0.2, -0.15) is 5.26 Å². The number of anilines is 1. The maximum Gasteiger partial charge on any atom is 0.273 e. The van der Waals surface area contributed by atoms with E-state index in [1.54, 1.807) is 42.5 Å². The number of nitro groups is 1. The molecule has 0 radical (unpaired) electrons. The molecule has 35 heavy (non-hydrogen) atoms. The number of amides is 1. The number of hydrogen-bond acceptors (Lipinski definition) is 7. The van der Waals surface area contributed by atoms with Crippen LogP contribution in [0.4, 0.5) is 11.4 Å². The number of phenolic OH excluding ortho intramolecular Hbond substituents is 1.